The zero-order chi connectivity index (χ0) is 10.4. The summed E-state index contributed by atoms with van der Waals surface area (Å²) in [6, 6.07) is 5.40. The van der Waals surface area contributed by atoms with Crippen molar-refractivity contribution in [2.45, 2.75) is 0 Å². The predicted molar refractivity (Wildman–Crippen MR) is 57.2 cm³/mol. The molecule has 0 aliphatic heterocycles. The van der Waals surface area contributed by atoms with Crippen molar-refractivity contribution in [2.75, 3.05) is 13.7 Å². The van der Waals surface area contributed by atoms with Crippen LogP contribution < -0.4 is 10.6 Å². The molecule has 14 heavy (non-hydrogen) atoms. The van der Waals surface area contributed by atoms with Crippen LogP contribution in [0.15, 0.2) is 24.3 Å². The summed E-state index contributed by atoms with van der Waals surface area (Å²) < 4.78 is 5.15. The highest BCUT2D eigenvalue weighted by molar-refractivity contribution is 6.30. The van der Waals surface area contributed by atoms with Gasteiger partial charge in [0.1, 0.15) is 5.75 Å². The van der Waals surface area contributed by atoms with E-state index in [0.29, 0.717) is 11.6 Å². The summed E-state index contributed by atoms with van der Waals surface area (Å²) >= 11 is 5.84. The van der Waals surface area contributed by atoms with E-state index in [9.17, 15) is 0 Å². The number of ether oxygens (including phenoxy) is 1. The molecule has 1 aromatic carbocycles. The summed E-state index contributed by atoms with van der Waals surface area (Å²) in [5.41, 5.74) is 0.900. The van der Waals surface area contributed by atoms with Crippen LogP contribution in [0.4, 0.5) is 0 Å². The van der Waals surface area contributed by atoms with Crippen molar-refractivity contribution < 1.29 is 9.57 Å². The third-order valence-corrected chi connectivity index (χ3v) is 1.92. The van der Waals surface area contributed by atoms with E-state index in [1.165, 1.54) is 0 Å². The van der Waals surface area contributed by atoms with Crippen molar-refractivity contribution in [1.82, 2.24) is 0 Å². The molecule has 4 heteroatoms. The van der Waals surface area contributed by atoms with Gasteiger partial charge in [0, 0.05) is 10.6 Å². The van der Waals surface area contributed by atoms with Crippen molar-refractivity contribution in [3.8, 4) is 5.75 Å². The lowest BCUT2D eigenvalue weighted by Gasteiger charge is -2.04. The van der Waals surface area contributed by atoms with Crippen LogP contribution in [0.1, 0.15) is 5.56 Å². The fourth-order valence-corrected chi connectivity index (χ4v) is 1.25. The van der Waals surface area contributed by atoms with Gasteiger partial charge in [-0.3, -0.25) is 0 Å². The highest BCUT2D eigenvalue weighted by atomic mass is 35.5. The maximum absolute atomic E-state index is 5.84. The molecule has 0 aromatic heterocycles. The zero-order valence-corrected chi connectivity index (χ0v) is 8.62. The zero-order valence-electron chi connectivity index (χ0n) is 7.87. The molecule has 76 valence electrons. The van der Waals surface area contributed by atoms with Gasteiger partial charge in [-0.1, -0.05) is 23.8 Å². The topological polar surface area (TPSA) is 44.5 Å². The molecule has 0 saturated heterocycles. The van der Waals surface area contributed by atoms with E-state index in [-0.39, 0.29) is 0 Å². The molecule has 0 atom stereocenters. The lowest BCUT2D eigenvalue weighted by Crippen LogP contribution is -1.97. The summed E-state index contributed by atoms with van der Waals surface area (Å²) in [4.78, 5) is 4.41. The van der Waals surface area contributed by atoms with Crippen LogP contribution >= 0.6 is 11.6 Å². The van der Waals surface area contributed by atoms with Gasteiger partial charge in [-0.15, -0.1) is 0 Å². The van der Waals surface area contributed by atoms with Crippen LogP contribution in [-0.2, 0) is 4.84 Å². The molecule has 1 rings (SSSR count). The van der Waals surface area contributed by atoms with E-state index in [4.69, 9.17) is 22.2 Å². The standard InChI is InChI=1S/C10H12ClNO2/c1-13-10-5-4-9(11)7-8(10)3-2-6-14-12/h2-5,7H,6,12H2,1H3/b3-2+. The van der Waals surface area contributed by atoms with Gasteiger partial charge in [0.05, 0.1) is 13.7 Å². The minimum atomic E-state index is 0.357. The van der Waals surface area contributed by atoms with Crippen LogP contribution in [-0.4, -0.2) is 13.7 Å². The quantitative estimate of drug-likeness (QED) is 0.781. The Hall–Kier alpha value is -1.03. The molecule has 0 amide bonds. The first kappa shape index (κ1) is 11.0. The van der Waals surface area contributed by atoms with Crippen LogP contribution in [0.3, 0.4) is 0 Å². The summed E-state index contributed by atoms with van der Waals surface area (Å²) in [5, 5.41) is 0.666. The summed E-state index contributed by atoms with van der Waals surface area (Å²) in [6.07, 6.45) is 3.63. The van der Waals surface area contributed by atoms with Gasteiger partial charge in [-0.2, -0.15) is 0 Å². The van der Waals surface area contributed by atoms with Crippen molar-refractivity contribution in [2.24, 2.45) is 5.90 Å². The maximum Gasteiger partial charge on any atom is 0.126 e. The van der Waals surface area contributed by atoms with Gasteiger partial charge < -0.3 is 9.57 Å². The Kier molecular flexibility index (Phi) is 4.46. The Balaban J connectivity index is 2.87. The average molecular weight is 214 g/mol. The molecular formula is C10H12ClNO2. The Morgan fingerprint density at radius 2 is 2.29 bits per heavy atom. The van der Waals surface area contributed by atoms with Gasteiger partial charge in [-0.25, -0.2) is 5.90 Å². The maximum atomic E-state index is 5.84. The molecular weight excluding hydrogens is 202 g/mol. The number of methoxy groups -OCH3 is 1. The molecule has 0 radical (unpaired) electrons. The van der Waals surface area contributed by atoms with E-state index in [0.717, 1.165) is 11.3 Å². The summed E-state index contributed by atoms with van der Waals surface area (Å²) in [7, 11) is 1.61. The Morgan fingerprint density at radius 3 is 2.93 bits per heavy atom. The largest absolute Gasteiger partial charge is 0.496 e. The lowest BCUT2D eigenvalue weighted by molar-refractivity contribution is 0.168. The normalized spacial score (nSPS) is 10.8. The molecule has 0 unspecified atom stereocenters. The molecule has 0 aliphatic carbocycles. The van der Waals surface area contributed by atoms with E-state index < -0.39 is 0 Å². The van der Waals surface area contributed by atoms with E-state index in [1.54, 1.807) is 19.3 Å². The number of benzene rings is 1. The molecule has 0 heterocycles. The van der Waals surface area contributed by atoms with Gasteiger partial charge >= 0.3 is 0 Å². The first-order chi connectivity index (χ1) is 6.77. The monoisotopic (exact) mass is 213 g/mol. The number of hydrogen-bond donors (Lipinski definition) is 1. The van der Waals surface area contributed by atoms with Crippen LogP contribution in [0.25, 0.3) is 6.08 Å². The number of halogens is 1. The minimum Gasteiger partial charge on any atom is -0.496 e. The predicted octanol–water partition coefficient (Wildman–Crippen LogP) is 2.25. The van der Waals surface area contributed by atoms with Crippen molar-refractivity contribution in [3.05, 3.63) is 34.9 Å². The van der Waals surface area contributed by atoms with Crippen molar-refractivity contribution in [3.63, 3.8) is 0 Å². The van der Waals surface area contributed by atoms with E-state index >= 15 is 0 Å². The lowest BCUT2D eigenvalue weighted by atomic mass is 10.2. The molecule has 0 bridgehead atoms. The fourth-order valence-electron chi connectivity index (χ4n) is 1.07. The molecule has 1 aromatic rings. The van der Waals surface area contributed by atoms with Crippen LogP contribution in [0.2, 0.25) is 5.02 Å². The second-order valence-corrected chi connectivity index (χ2v) is 3.06. The molecule has 0 spiro atoms. The fraction of sp³-hybridized carbons (Fsp3) is 0.200. The SMILES string of the molecule is COc1ccc(Cl)cc1/C=C/CON. The molecule has 2 N–H and O–H groups in total. The molecule has 3 nitrogen and oxygen atoms in total. The van der Waals surface area contributed by atoms with E-state index in [2.05, 4.69) is 4.84 Å². The van der Waals surface area contributed by atoms with Crippen molar-refractivity contribution >= 4 is 17.7 Å². The highest BCUT2D eigenvalue weighted by Gasteiger charge is 1.99. The Bertz CT molecular complexity index is 326. The molecule has 0 aliphatic rings. The average Bonchev–Trinajstić information content (AvgIpc) is 2.19. The second-order valence-electron chi connectivity index (χ2n) is 2.62. The van der Waals surface area contributed by atoms with Gasteiger partial charge in [0.2, 0.25) is 0 Å². The smallest absolute Gasteiger partial charge is 0.126 e. The second kappa shape index (κ2) is 5.65. The number of hydrogen-bond acceptors (Lipinski definition) is 3. The van der Waals surface area contributed by atoms with Crippen LogP contribution in [0, 0.1) is 0 Å². The van der Waals surface area contributed by atoms with Crippen LogP contribution in [0.5, 0.6) is 5.75 Å². The van der Waals surface area contributed by atoms with Gasteiger partial charge in [0.25, 0.3) is 0 Å². The van der Waals surface area contributed by atoms with E-state index in [1.807, 2.05) is 18.2 Å². The third kappa shape index (κ3) is 3.03. The minimum absolute atomic E-state index is 0.357. The number of rotatable bonds is 4. The van der Waals surface area contributed by atoms with Gasteiger partial charge in [0.15, 0.2) is 0 Å². The summed E-state index contributed by atoms with van der Waals surface area (Å²) in [6.45, 7) is 0.357. The van der Waals surface area contributed by atoms with Gasteiger partial charge in [-0.05, 0) is 18.2 Å². The first-order valence-corrected chi connectivity index (χ1v) is 4.47. The Labute approximate surface area is 88.0 Å². The first-order valence-electron chi connectivity index (χ1n) is 4.09. The third-order valence-electron chi connectivity index (χ3n) is 1.68. The molecule has 0 saturated carbocycles. The summed E-state index contributed by atoms with van der Waals surface area (Å²) in [5.74, 6) is 5.65. The number of nitrogens with two attached hydrogens (primary N) is 1. The molecule has 0 fully saturated rings. The van der Waals surface area contributed by atoms with Crippen molar-refractivity contribution in [1.29, 1.82) is 0 Å². The highest BCUT2D eigenvalue weighted by Crippen LogP contribution is 2.23. The Morgan fingerprint density at radius 1 is 1.50 bits per heavy atom.